The molecule has 0 aromatic carbocycles. The molecule has 14 heavy (non-hydrogen) atoms. The van der Waals surface area contributed by atoms with Crippen molar-refractivity contribution in [3.05, 3.63) is 0 Å². The molecule has 1 fully saturated rings. The Bertz CT molecular complexity index is 178. The number of nitrogens with one attached hydrogen (secondary N) is 1. The number of aliphatic hydroxyl groups excluding tert-OH is 1. The Kier molecular flexibility index (Phi) is 5.29. The number of thioether (sulfide) groups is 1. The molecule has 1 atom stereocenters. The first kappa shape index (κ1) is 11.8. The molecule has 0 saturated carbocycles. The maximum Gasteiger partial charge on any atom is 0.240 e. The molecule has 0 aromatic rings. The summed E-state index contributed by atoms with van der Waals surface area (Å²) in [4.78, 5) is 13.6. The zero-order valence-corrected chi connectivity index (χ0v) is 9.35. The van der Waals surface area contributed by atoms with Crippen LogP contribution >= 0.6 is 11.8 Å². The van der Waals surface area contributed by atoms with Gasteiger partial charge in [-0.05, 0) is 6.42 Å². The number of hydrogen-bond acceptors (Lipinski definition) is 4. The van der Waals surface area contributed by atoms with Crippen LogP contribution < -0.4 is 5.32 Å². The molecule has 0 radical (unpaired) electrons. The summed E-state index contributed by atoms with van der Waals surface area (Å²) in [5.74, 6) is 1.84. The van der Waals surface area contributed by atoms with E-state index in [9.17, 15) is 4.79 Å². The average molecular weight is 218 g/mol. The van der Waals surface area contributed by atoms with E-state index < -0.39 is 0 Å². The number of carbonyl (C=O) groups excluding carboxylic acids is 1. The standard InChI is InChI=1S/C9H18N2O2S/c1-2-3-11(4-5-12)9(13)8-6-14-7-10-8/h8,10,12H,2-7H2,1H3. The molecule has 82 valence electrons. The second kappa shape index (κ2) is 6.27. The molecule has 1 saturated heterocycles. The molecule has 1 aliphatic rings. The van der Waals surface area contributed by atoms with Crippen molar-refractivity contribution in [1.82, 2.24) is 10.2 Å². The summed E-state index contributed by atoms with van der Waals surface area (Å²) in [6.45, 7) is 3.28. The van der Waals surface area contributed by atoms with Gasteiger partial charge in [0.25, 0.3) is 0 Å². The average Bonchev–Trinajstić information content (AvgIpc) is 2.69. The SMILES string of the molecule is CCCN(CCO)C(=O)C1CSCN1. The van der Waals surface area contributed by atoms with Crippen LogP contribution in [0, 0.1) is 0 Å². The van der Waals surface area contributed by atoms with Crippen molar-refractivity contribution in [3.8, 4) is 0 Å². The Hall–Kier alpha value is -0.260. The number of carbonyl (C=O) groups is 1. The molecule has 1 aliphatic heterocycles. The molecule has 4 nitrogen and oxygen atoms in total. The van der Waals surface area contributed by atoms with Crippen molar-refractivity contribution < 1.29 is 9.90 Å². The van der Waals surface area contributed by atoms with E-state index in [2.05, 4.69) is 5.32 Å². The molecule has 0 aromatic heterocycles. The lowest BCUT2D eigenvalue weighted by Crippen LogP contribution is -2.46. The van der Waals surface area contributed by atoms with E-state index in [0.717, 1.165) is 24.6 Å². The van der Waals surface area contributed by atoms with Crippen molar-refractivity contribution in [3.63, 3.8) is 0 Å². The lowest BCUT2D eigenvalue weighted by Gasteiger charge is -2.24. The fraction of sp³-hybridized carbons (Fsp3) is 0.889. The van der Waals surface area contributed by atoms with Gasteiger partial charge in [0.2, 0.25) is 5.91 Å². The van der Waals surface area contributed by atoms with Gasteiger partial charge in [-0.3, -0.25) is 10.1 Å². The highest BCUT2D eigenvalue weighted by atomic mass is 32.2. The third-order valence-electron chi connectivity index (χ3n) is 2.19. The molecular weight excluding hydrogens is 200 g/mol. The highest BCUT2D eigenvalue weighted by Gasteiger charge is 2.26. The predicted molar refractivity (Wildman–Crippen MR) is 58.2 cm³/mol. The highest BCUT2D eigenvalue weighted by molar-refractivity contribution is 7.99. The zero-order chi connectivity index (χ0) is 10.4. The van der Waals surface area contributed by atoms with Gasteiger partial charge in [0.15, 0.2) is 0 Å². The first-order valence-electron chi connectivity index (χ1n) is 5.00. The summed E-state index contributed by atoms with van der Waals surface area (Å²) in [5, 5.41) is 12.0. The number of amides is 1. The summed E-state index contributed by atoms with van der Waals surface area (Å²) in [6.07, 6.45) is 0.936. The molecule has 0 aliphatic carbocycles. The third-order valence-corrected chi connectivity index (χ3v) is 3.13. The van der Waals surface area contributed by atoms with E-state index >= 15 is 0 Å². The Balaban J connectivity index is 2.43. The number of aliphatic hydroxyl groups is 1. The number of rotatable bonds is 5. The predicted octanol–water partition coefficient (Wildman–Crippen LogP) is -0.120. The van der Waals surface area contributed by atoms with E-state index in [1.807, 2.05) is 6.92 Å². The van der Waals surface area contributed by atoms with Crippen LogP contribution in [0.15, 0.2) is 0 Å². The van der Waals surface area contributed by atoms with Crippen molar-refractivity contribution in [1.29, 1.82) is 0 Å². The Labute approximate surface area is 89.0 Å². The van der Waals surface area contributed by atoms with Crippen molar-refractivity contribution in [2.24, 2.45) is 0 Å². The van der Waals surface area contributed by atoms with Gasteiger partial charge in [-0.1, -0.05) is 6.92 Å². The summed E-state index contributed by atoms with van der Waals surface area (Å²) in [6, 6.07) is -0.0434. The van der Waals surface area contributed by atoms with Crippen LogP contribution in [0.5, 0.6) is 0 Å². The van der Waals surface area contributed by atoms with E-state index in [4.69, 9.17) is 5.11 Å². The first-order chi connectivity index (χ1) is 6.79. The van der Waals surface area contributed by atoms with E-state index in [0.29, 0.717) is 6.54 Å². The topological polar surface area (TPSA) is 52.6 Å². The van der Waals surface area contributed by atoms with Crippen LogP contribution in [0.25, 0.3) is 0 Å². The Morgan fingerprint density at radius 3 is 2.93 bits per heavy atom. The summed E-state index contributed by atoms with van der Waals surface area (Å²) in [5.41, 5.74) is 0. The quantitative estimate of drug-likeness (QED) is 0.675. The maximum absolute atomic E-state index is 11.9. The van der Waals surface area contributed by atoms with Crippen molar-refractivity contribution >= 4 is 17.7 Å². The summed E-state index contributed by atoms with van der Waals surface area (Å²) in [7, 11) is 0. The molecule has 1 heterocycles. The molecule has 1 unspecified atom stereocenters. The van der Waals surface area contributed by atoms with Gasteiger partial charge in [-0.2, -0.15) is 0 Å². The van der Waals surface area contributed by atoms with Gasteiger partial charge < -0.3 is 10.0 Å². The second-order valence-electron chi connectivity index (χ2n) is 3.32. The van der Waals surface area contributed by atoms with Crippen LogP contribution in [-0.4, -0.2) is 53.3 Å². The van der Waals surface area contributed by atoms with Gasteiger partial charge in [0, 0.05) is 24.7 Å². The molecule has 5 heteroatoms. The fourth-order valence-electron chi connectivity index (χ4n) is 1.50. The molecule has 1 amide bonds. The molecule has 0 bridgehead atoms. The minimum absolute atomic E-state index is 0.0434. The lowest BCUT2D eigenvalue weighted by atomic mass is 10.2. The normalized spacial score (nSPS) is 21.1. The monoisotopic (exact) mass is 218 g/mol. The largest absolute Gasteiger partial charge is 0.395 e. The third kappa shape index (κ3) is 3.15. The van der Waals surface area contributed by atoms with E-state index in [-0.39, 0.29) is 18.6 Å². The first-order valence-corrected chi connectivity index (χ1v) is 6.15. The van der Waals surface area contributed by atoms with Gasteiger partial charge in [0.1, 0.15) is 0 Å². The van der Waals surface area contributed by atoms with Gasteiger partial charge in [-0.25, -0.2) is 0 Å². The van der Waals surface area contributed by atoms with E-state index in [1.165, 1.54) is 0 Å². The second-order valence-corrected chi connectivity index (χ2v) is 4.35. The Morgan fingerprint density at radius 2 is 2.43 bits per heavy atom. The molecule has 2 N–H and O–H groups in total. The number of hydrogen-bond donors (Lipinski definition) is 2. The Morgan fingerprint density at radius 1 is 1.64 bits per heavy atom. The van der Waals surface area contributed by atoms with E-state index in [1.54, 1.807) is 16.7 Å². The minimum atomic E-state index is -0.0434. The van der Waals surface area contributed by atoms with Crippen LogP contribution in [0.3, 0.4) is 0 Å². The summed E-state index contributed by atoms with van der Waals surface area (Å²) < 4.78 is 0. The smallest absolute Gasteiger partial charge is 0.240 e. The maximum atomic E-state index is 11.9. The van der Waals surface area contributed by atoms with Crippen LogP contribution in [0.2, 0.25) is 0 Å². The van der Waals surface area contributed by atoms with Gasteiger partial charge in [0.05, 0.1) is 12.6 Å². The molecule has 0 spiro atoms. The molecule has 1 rings (SSSR count). The summed E-state index contributed by atoms with van der Waals surface area (Å²) >= 11 is 1.74. The minimum Gasteiger partial charge on any atom is -0.395 e. The van der Waals surface area contributed by atoms with Gasteiger partial charge >= 0.3 is 0 Å². The van der Waals surface area contributed by atoms with Gasteiger partial charge in [-0.15, -0.1) is 11.8 Å². The lowest BCUT2D eigenvalue weighted by molar-refractivity contribution is -0.133. The van der Waals surface area contributed by atoms with Crippen LogP contribution in [0.4, 0.5) is 0 Å². The van der Waals surface area contributed by atoms with Crippen molar-refractivity contribution in [2.45, 2.75) is 19.4 Å². The highest BCUT2D eigenvalue weighted by Crippen LogP contribution is 2.12. The zero-order valence-electron chi connectivity index (χ0n) is 8.53. The molecular formula is C9H18N2O2S. The number of nitrogens with zero attached hydrogens (tertiary/aromatic N) is 1. The fourth-order valence-corrected chi connectivity index (χ4v) is 2.43. The van der Waals surface area contributed by atoms with Crippen molar-refractivity contribution in [2.75, 3.05) is 31.3 Å². The van der Waals surface area contributed by atoms with Crippen LogP contribution in [0.1, 0.15) is 13.3 Å². The van der Waals surface area contributed by atoms with Crippen LogP contribution in [-0.2, 0) is 4.79 Å².